The highest BCUT2D eigenvalue weighted by Gasteiger charge is 2.22. The van der Waals surface area contributed by atoms with E-state index in [-0.39, 0.29) is 12.5 Å². The number of nitrogens with zero attached hydrogens (tertiary/aromatic N) is 1. The van der Waals surface area contributed by atoms with Crippen LogP contribution in [0.4, 0.5) is 0 Å². The van der Waals surface area contributed by atoms with Crippen molar-refractivity contribution in [2.75, 3.05) is 20.3 Å². The number of hydrogen-bond donors (Lipinski definition) is 2. The van der Waals surface area contributed by atoms with Gasteiger partial charge in [-0.25, -0.2) is 4.98 Å². The van der Waals surface area contributed by atoms with Crippen molar-refractivity contribution in [2.24, 2.45) is 5.73 Å². The number of ether oxygens (including phenoxy) is 1. The molecular weight excluding hydrogens is 242 g/mol. The second-order valence-corrected chi connectivity index (χ2v) is 4.68. The molecule has 0 unspecified atom stereocenters. The van der Waals surface area contributed by atoms with Crippen molar-refractivity contribution in [1.29, 1.82) is 0 Å². The number of methoxy groups -OCH3 is 1. The van der Waals surface area contributed by atoms with E-state index in [0.717, 1.165) is 0 Å². The van der Waals surface area contributed by atoms with Gasteiger partial charge in [-0.3, -0.25) is 4.79 Å². The minimum Gasteiger partial charge on any atom is -0.382 e. The Kier molecular flexibility index (Phi) is 5.49. The SMILES string of the molecule is COCC(C)(C)NC(=O)c1ncccc1C#CCN. The molecule has 0 spiro atoms. The maximum Gasteiger partial charge on any atom is 0.271 e. The van der Waals surface area contributed by atoms with E-state index in [1.807, 2.05) is 13.8 Å². The van der Waals surface area contributed by atoms with Gasteiger partial charge in [0.05, 0.1) is 24.3 Å². The average Bonchev–Trinajstić information content (AvgIpc) is 2.36. The van der Waals surface area contributed by atoms with E-state index >= 15 is 0 Å². The molecule has 0 aliphatic rings. The molecule has 1 heterocycles. The lowest BCUT2D eigenvalue weighted by molar-refractivity contribution is 0.0815. The maximum atomic E-state index is 12.2. The van der Waals surface area contributed by atoms with E-state index < -0.39 is 5.54 Å². The molecule has 1 rings (SSSR count). The van der Waals surface area contributed by atoms with Crippen LogP contribution in [0.25, 0.3) is 0 Å². The third-order valence-electron chi connectivity index (χ3n) is 2.31. The minimum absolute atomic E-state index is 0.241. The Morgan fingerprint density at radius 3 is 2.95 bits per heavy atom. The van der Waals surface area contributed by atoms with Gasteiger partial charge in [0.1, 0.15) is 5.69 Å². The van der Waals surface area contributed by atoms with Crippen LogP contribution in [0.15, 0.2) is 18.3 Å². The third-order valence-corrected chi connectivity index (χ3v) is 2.31. The molecule has 19 heavy (non-hydrogen) atoms. The number of carbonyl (C=O) groups excluding carboxylic acids is 1. The van der Waals surface area contributed by atoms with Crippen LogP contribution < -0.4 is 11.1 Å². The molecule has 3 N–H and O–H groups in total. The zero-order valence-electron chi connectivity index (χ0n) is 11.5. The van der Waals surface area contributed by atoms with E-state index in [2.05, 4.69) is 22.1 Å². The number of amides is 1. The Morgan fingerprint density at radius 2 is 2.32 bits per heavy atom. The molecule has 1 amide bonds. The summed E-state index contributed by atoms with van der Waals surface area (Å²) in [6, 6.07) is 3.48. The zero-order chi connectivity index (χ0) is 14.3. The van der Waals surface area contributed by atoms with Crippen molar-refractivity contribution in [3.63, 3.8) is 0 Å². The molecule has 0 fully saturated rings. The van der Waals surface area contributed by atoms with E-state index in [9.17, 15) is 4.79 Å². The Labute approximate surface area is 113 Å². The minimum atomic E-state index is -0.470. The van der Waals surface area contributed by atoms with Gasteiger partial charge in [0.15, 0.2) is 0 Å². The molecule has 0 aromatic carbocycles. The maximum absolute atomic E-state index is 12.2. The number of rotatable bonds is 4. The molecule has 0 saturated heterocycles. The van der Waals surface area contributed by atoms with Crippen LogP contribution in [-0.2, 0) is 4.74 Å². The van der Waals surface area contributed by atoms with Gasteiger partial charge in [0.25, 0.3) is 5.91 Å². The first-order valence-corrected chi connectivity index (χ1v) is 5.95. The van der Waals surface area contributed by atoms with Crippen molar-refractivity contribution < 1.29 is 9.53 Å². The van der Waals surface area contributed by atoms with Crippen LogP contribution in [0.3, 0.4) is 0 Å². The number of nitrogens with one attached hydrogen (secondary N) is 1. The first-order valence-electron chi connectivity index (χ1n) is 5.95. The van der Waals surface area contributed by atoms with Crippen molar-refractivity contribution in [1.82, 2.24) is 10.3 Å². The Morgan fingerprint density at radius 1 is 1.58 bits per heavy atom. The van der Waals surface area contributed by atoms with Crippen LogP contribution in [0, 0.1) is 11.8 Å². The molecule has 0 aliphatic carbocycles. The van der Waals surface area contributed by atoms with Crippen LogP contribution in [-0.4, -0.2) is 36.7 Å². The largest absolute Gasteiger partial charge is 0.382 e. The second kappa shape index (κ2) is 6.88. The average molecular weight is 261 g/mol. The monoisotopic (exact) mass is 261 g/mol. The summed E-state index contributed by atoms with van der Waals surface area (Å²) in [6.45, 7) is 4.41. The number of hydrogen-bond acceptors (Lipinski definition) is 4. The van der Waals surface area contributed by atoms with E-state index in [0.29, 0.717) is 17.9 Å². The fraction of sp³-hybridized carbons (Fsp3) is 0.429. The van der Waals surface area contributed by atoms with E-state index in [1.54, 1.807) is 25.4 Å². The Bertz CT molecular complexity index is 501. The summed E-state index contributed by atoms with van der Waals surface area (Å²) < 4.78 is 5.06. The fourth-order valence-electron chi connectivity index (χ4n) is 1.60. The van der Waals surface area contributed by atoms with Crippen molar-refractivity contribution in [2.45, 2.75) is 19.4 Å². The molecule has 0 radical (unpaired) electrons. The Hall–Kier alpha value is -1.90. The fourth-order valence-corrected chi connectivity index (χ4v) is 1.60. The van der Waals surface area contributed by atoms with Gasteiger partial charge >= 0.3 is 0 Å². The molecule has 5 nitrogen and oxygen atoms in total. The summed E-state index contributed by atoms with van der Waals surface area (Å²) >= 11 is 0. The van der Waals surface area contributed by atoms with Crippen LogP contribution >= 0.6 is 0 Å². The van der Waals surface area contributed by atoms with Crippen LogP contribution in [0.2, 0.25) is 0 Å². The first kappa shape index (κ1) is 15.2. The number of pyridine rings is 1. The highest BCUT2D eigenvalue weighted by Crippen LogP contribution is 2.08. The van der Waals surface area contributed by atoms with E-state index in [4.69, 9.17) is 10.5 Å². The summed E-state index contributed by atoms with van der Waals surface area (Å²) in [5.74, 6) is 5.29. The summed E-state index contributed by atoms with van der Waals surface area (Å²) in [6.07, 6.45) is 1.56. The number of nitrogens with two attached hydrogens (primary N) is 1. The van der Waals surface area contributed by atoms with Gasteiger partial charge in [-0.2, -0.15) is 0 Å². The topological polar surface area (TPSA) is 77.2 Å². The molecule has 0 bridgehead atoms. The molecule has 1 aromatic rings. The van der Waals surface area contributed by atoms with Gasteiger partial charge in [0.2, 0.25) is 0 Å². The van der Waals surface area contributed by atoms with Crippen LogP contribution in [0.5, 0.6) is 0 Å². The molecule has 1 aromatic heterocycles. The molecule has 5 heteroatoms. The Balaban J connectivity index is 2.94. The van der Waals surface area contributed by atoms with Crippen molar-refractivity contribution >= 4 is 5.91 Å². The smallest absolute Gasteiger partial charge is 0.271 e. The van der Waals surface area contributed by atoms with Gasteiger partial charge in [-0.1, -0.05) is 11.8 Å². The second-order valence-electron chi connectivity index (χ2n) is 4.68. The zero-order valence-corrected chi connectivity index (χ0v) is 11.5. The summed E-state index contributed by atoms with van der Waals surface area (Å²) in [7, 11) is 1.59. The number of aromatic nitrogens is 1. The lowest BCUT2D eigenvalue weighted by Gasteiger charge is -2.25. The molecule has 102 valence electrons. The van der Waals surface area contributed by atoms with Gasteiger partial charge in [-0.05, 0) is 26.0 Å². The molecule has 0 aliphatic heterocycles. The van der Waals surface area contributed by atoms with Gasteiger partial charge in [0, 0.05) is 13.3 Å². The standard InChI is InChI=1S/C14H19N3O2/c1-14(2,10-19-3)17-13(18)12-11(6-4-8-15)7-5-9-16-12/h5,7,9H,8,10,15H2,1-3H3,(H,17,18). The van der Waals surface area contributed by atoms with Gasteiger partial charge < -0.3 is 15.8 Å². The predicted octanol–water partition coefficient (Wildman–Crippen LogP) is 0.547. The van der Waals surface area contributed by atoms with E-state index in [1.165, 1.54) is 0 Å². The summed E-state index contributed by atoms with van der Waals surface area (Å²) in [4.78, 5) is 16.3. The molecular formula is C14H19N3O2. The summed E-state index contributed by atoms with van der Waals surface area (Å²) in [5.41, 5.74) is 5.73. The highest BCUT2D eigenvalue weighted by atomic mass is 16.5. The molecule has 0 saturated carbocycles. The van der Waals surface area contributed by atoms with Crippen LogP contribution in [0.1, 0.15) is 29.9 Å². The van der Waals surface area contributed by atoms with Crippen molar-refractivity contribution in [3.8, 4) is 11.8 Å². The summed E-state index contributed by atoms with van der Waals surface area (Å²) in [5, 5.41) is 2.86. The quantitative estimate of drug-likeness (QED) is 0.776. The lowest BCUT2D eigenvalue weighted by Crippen LogP contribution is -2.47. The molecule has 0 atom stereocenters. The van der Waals surface area contributed by atoms with Gasteiger partial charge in [-0.15, -0.1) is 0 Å². The predicted molar refractivity (Wildman–Crippen MR) is 73.6 cm³/mol. The number of carbonyl (C=O) groups is 1. The van der Waals surface area contributed by atoms with Crippen molar-refractivity contribution in [3.05, 3.63) is 29.6 Å². The normalized spacial score (nSPS) is 10.5. The third kappa shape index (κ3) is 4.70. The first-order chi connectivity index (χ1) is 9.00. The lowest BCUT2D eigenvalue weighted by atomic mass is 10.1. The highest BCUT2D eigenvalue weighted by molar-refractivity contribution is 5.95.